The molecule has 0 aliphatic carbocycles. The van der Waals surface area contributed by atoms with Crippen LogP contribution in [0.2, 0.25) is 0 Å². The quantitative estimate of drug-likeness (QED) is 0.741. The zero-order chi connectivity index (χ0) is 22.0. The minimum absolute atomic E-state index is 0.0240. The number of anilines is 2. The van der Waals surface area contributed by atoms with Crippen molar-refractivity contribution in [2.45, 2.75) is 53.1 Å². The van der Waals surface area contributed by atoms with Crippen molar-refractivity contribution in [1.29, 1.82) is 0 Å². The van der Waals surface area contributed by atoms with Gasteiger partial charge in [0.2, 0.25) is 5.95 Å². The van der Waals surface area contributed by atoms with Crippen LogP contribution in [0.15, 0.2) is 23.0 Å². The van der Waals surface area contributed by atoms with Crippen molar-refractivity contribution in [2.75, 3.05) is 42.5 Å². The molecular formula is C24H35N5O2. The molecule has 0 saturated carbocycles. The lowest BCUT2D eigenvalue weighted by molar-refractivity contribution is 0.238. The molecule has 2 aliphatic heterocycles. The van der Waals surface area contributed by atoms with E-state index in [0.717, 1.165) is 74.0 Å². The number of piperidine rings is 1. The van der Waals surface area contributed by atoms with Crippen LogP contribution >= 0.6 is 0 Å². The molecular weight excluding hydrogens is 390 g/mol. The van der Waals surface area contributed by atoms with E-state index >= 15 is 0 Å². The third kappa shape index (κ3) is 4.71. The summed E-state index contributed by atoms with van der Waals surface area (Å²) in [6.07, 6.45) is 3.14. The Hall–Kier alpha value is -2.54. The second-order valence-corrected chi connectivity index (χ2v) is 8.95. The fourth-order valence-corrected chi connectivity index (χ4v) is 4.85. The zero-order valence-corrected chi connectivity index (χ0v) is 19.0. The van der Waals surface area contributed by atoms with Crippen LogP contribution in [0, 0.1) is 5.92 Å². The molecule has 3 heterocycles. The summed E-state index contributed by atoms with van der Waals surface area (Å²) in [4.78, 5) is 27.4. The second-order valence-electron chi connectivity index (χ2n) is 8.95. The Morgan fingerprint density at radius 2 is 2.06 bits per heavy atom. The monoisotopic (exact) mass is 425 g/mol. The van der Waals surface area contributed by atoms with Crippen LogP contribution in [0.4, 0.5) is 11.6 Å². The number of rotatable bonds is 6. The molecule has 0 bridgehead atoms. The largest absolute Gasteiger partial charge is 0.508 e. The highest BCUT2D eigenvalue weighted by atomic mass is 16.3. The van der Waals surface area contributed by atoms with Gasteiger partial charge >= 0.3 is 0 Å². The van der Waals surface area contributed by atoms with Crippen molar-refractivity contribution < 1.29 is 5.11 Å². The van der Waals surface area contributed by atoms with Crippen LogP contribution in [0.5, 0.6) is 5.75 Å². The Bertz CT molecular complexity index is 969. The molecule has 0 spiro atoms. The lowest BCUT2D eigenvalue weighted by atomic mass is 10.0. The van der Waals surface area contributed by atoms with E-state index in [4.69, 9.17) is 4.98 Å². The van der Waals surface area contributed by atoms with Gasteiger partial charge in [-0.3, -0.25) is 14.7 Å². The van der Waals surface area contributed by atoms with Gasteiger partial charge in [0.1, 0.15) is 5.75 Å². The third-order valence-corrected chi connectivity index (χ3v) is 6.68. The first-order valence-electron chi connectivity index (χ1n) is 11.6. The summed E-state index contributed by atoms with van der Waals surface area (Å²) in [6.45, 7) is 12.2. The number of phenolic OH excluding ortho intramolecular Hbond substituents is 1. The van der Waals surface area contributed by atoms with Crippen LogP contribution in [0.1, 0.15) is 50.4 Å². The maximum Gasteiger partial charge on any atom is 0.257 e. The molecule has 168 valence electrons. The summed E-state index contributed by atoms with van der Waals surface area (Å²) in [7, 11) is 0. The lowest BCUT2D eigenvalue weighted by Crippen LogP contribution is -2.39. The smallest absolute Gasteiger partial charge is 0.257 e. The Balaban J connectivity index is 1.47. The Morgan fingerprint density at radius 3 is 2.77 bits per heavy atom. The van der Waals surface area contributed by atoms with Crippen molar-refractivity contribution in [2.24, 2.45) is 5.92 Å². The van der Waals surface area contributed by atoms with Gasteiger partial charge in [0.05, 0.1) is 11.3 Å². The normalized spacial score (nSPS) is 19.3. The van der Waals surface area contributed by atoms with Gasteiger partial charge in [-0.25, -0.2) is 4.98 Å². The molecule has 0 radical (unpaired) electrons. The predicted octanol–water partition coefficient (Wildman–Crippen LogP) is 3.12. The summed E-state index contributed by atoms with van der Waals surface area (Å²) in [6, 6.07) is 5.92. The van der Waals surface area contributed by atoms with Gasteiger partial charge in [0.25, 0.3) is 5.56 Å². The van der Waals surface area contributed by atoms with E-state index in [0.29, 0.717) is 24.8 Å². The van der Waals surface area contributed by atoms with Gasteiger partial charge in [0.15, 0.2) is 0 Å². The average molecular weight is 426 g/mol. The number of benzene rings is 1. The third-order valence-electron chi connectivity index (χ3n) is 6.68. The fourth-order valence-electron chi connectivity index (χ4n) is 4.85. The molecule has 31 heavy (non-hydrogen) atoms. The first-order chi connectivity index (χ1) is 15.0. The van der Waals surface area contributed by atoms with E-state index in [1.165, 1.54) is 6.42 Å². The molecule has 1 aromatic heterocycles. The summed E-state index contributed by atoms with van der Waals surface area (Å²) >= 11 is 0. The van der Waals surface area contributed by atoms with Crippen molar-refractivity contribution in [3.63, 3.8) is 0 Å². The molecule has 1 saturated heterocycles. The number of nitrogens with zero attached hydrogens (tertiary/aromatic N) is 4. The van der Waals surface area contributed by atoms with E-state index in [1.54, 1.807) is 0 Å². The van der Waals surface area contributed by atoms with Crippen LogP contribution < -0.4 is 15.4 Å². The molecule has 4 rings (SSSR count). The van der Waals surface area contributed by atoms with Gasteiger partial charge in [-0.05, 0) is 38.7 Å². The molecule has 1 atom stereocenters. The number of phenols is 1. The SMILES string of the molecule is CCN(CC)c1ccc(CN2CCc3nc(N4CCC[C@H](C)C4)[nH]c(=O)c3C2)c(O)c1. The zero-order valence-electron chi connectivity index (χ0n) is 19.0. The first kappa shape index (κ1) is 21.7. The molecule has 2 N–H and O–H groups in total. The number of hydrogen-bond donors (Lipinski definition) is 2. The summed E-state index contributed by atoms with van der Waals surface area (Å²) in [5.41, 5.74) is 3.59. The summed E-state index contributed by atoms with van der Waals surface area (Å²) in [5.74, 6) is 1.68. The summed E-state index contributed by atoms with van der Waals surface area (Å²) in [5, 5.41) is 10.6. The maximum absolute atomic E-state index is 12.9. The van der Waals surface area contributed by atoms with E-state index in [2.05, 4.69) is 46.5 Å². The number of H-pyrrole nitrogens is 1. The molecule has 7 heteroatoms. The van der Waals surface area contributed by atoms with Gasteiger partial charge in [-0.1, -0.05) is 13.0 Å². The van der Waals surface area contributed by atoms with E-state index in [1.807, 2.05) is 12.1 Å². The topological polar surface area (TPSA) is 75.7 Å². The number of fused-ring (bicyclic) bond motifs is 1. The van der Waals surface area contributed by atoms with E-state index in [9.17, 15) is 9.90 Å². The summed E-state index contributed by atoms with van der Waals surface area (Å²) < 4.78 is 0. The van der Waals surface area contributed by atoms with E-state index in [-0.39, 0.29) is 5.56 Å². The highest BCUT2D eigenvalue weighted by Gasteiger charge is 2.25. The molecule has 2 aromatic rings. The number of hydrogen-bond acceptors (Lipinski definition) is 6. The van der Waals surface area contributed by atoms with E-state index < -0.39 is 0 Å². The first-order valence-corrected chi connectivity index (χ1v) is 11.6. The van der Waals surface area contributed by atoms with Crippen LogP contribution in [0.25, 0.3) is 0 Å². The molecule has 0 unspecified atom stereocenters. The van der Waals surface area contributed by atoms with Crippen molar-refractivity contribution in [1.82, 2.24) is 14.9 Å². The van der Waals surface area contributed by atoms with Gasteiger partial charge in [0, 0.05) is 69.6 Å². The van der Waals surface area contributed by atoms with Crippen LogP contribution in [-0.2, 0) is 19.5 Å². The van der Waals surface area contributed by atoms with Gasteiger partial charge < -0.3 is 14.9 Å². The maximum atomic E-state index is 12.9. The second kappa shape index (κ2) is 9.30. The average Bonchev–Trinajstić information content (AvgIpc) is 2.76. The molecule has 7 nitrogen and oxygen atoms in total. The minimum atomic E-state index is -0.0240. The number of aromatic nitrogens is 2. The molecule has 2 aliphatic rings. The standard InChI is InChI=1S/C24H35N5O2/c1-4-28(5-2)19-9-8-18(22(30)13-19)15-27-12-10-21-20(16-27)23(31)26-24(25-21)29-11-6-7-17(3)14-29/h8-9,13,17,30H,4-7,10-12,14-16H2,1-3H3,(H,25,26,31)/t17-/m0/s1. The lowest BCUT2D eigenvalue weighted by Gasteiger charge is -2.33. The minimum Gasteiger partial charge on any atom is -0.508 e. The number of aromatic hydroxyl groups is 1. The van der Waals surface area contributed by atoms with Crippen LogP contribution in [-0.4, -0.2) is 52.7 Å². The Morgan fingerprint density at radius 1 is 1.26 bits per heavy atom. The van der Waals surface area contributed by atoms with Crippen molar-refractivity contribution in [3.8, 4) is 5.75 Å². The number of nitrogens with one attached hydrogen (secondary N) is 1. The van der Waals surface area contributed by atoms with Gasteiger partial charge in [-0.2, -0.15) is 0 Å². The van der Waals surface area contributed by atoms with Gasteiger partial charge in [-0.15, -0.1) is 0 Å². The Kier molecular flexibility index (Phi) is 6.51. The number of aromatic amines is 1. The van der Waals surface area contributed by atoms with Crippen molar-refractivity contribution in [3.05, 3.63) is 45.4 Å². The molecule has 1 fully saturated rings. The van der Waals surface area contributed by atoms with Crippen LogP contribution in [0.3, 0.4) is 0 Å². The molecule has 1 aromatic carbocycles. The fraction of sp³-hybridized carbons (Fsp3) is 0.583. The highest BCUT2D eigenvalue weighted by Crippen LogP contribution is 2.27. The molecule has 0 amide bonds. The Labute approximate surface area is 184 Å². The highest BCUT2D eigenvalue weighted by molar-refractivity contribution is 5.53. The predicted molar refractivity (Wildman–Crippen MR) is 125 cm³/mol. The van der Waals surface area contributed by atoms with Crippen molar-refractivity contribution >= 4 is 11.6 Å².